The van der Waals surface area contributed by atoms with E-state index in [1.54, 1.807) is 60.8 Å². The number of hydrogen-bond donors (Lipinski definition) is 2. The van der Waals surface area contributed by atoms with E-state index in [9.17, 15) is 14.0 Å². The number of hydrogen-bond acceptors (Lipinski definition) is 3. The minimum atomic E-state index is -0.314. The first-order valence-electron chi connectivity index (χ1n) is 8.46. The molecule has 0 spiro atoms. The van der Waals surface area contributed by atoms with E-state index in [0.717, 1.165) is 0 Å². The lowest BCUT2D eigenvalue weighted by atomic mass is 10.1. The summed E-state index contributed by atoms with van der Waals surface area (Å²) in [6.45, 7) is 0. The van der Waals surface area contributed by atoms with Crippen LogP contribution in [0.1, 0.15) is 22.3 Å². The molecule has 0 unspecified atom stereocenters. The van der Waals surface area contributed by atoms with Crippen LogP contribution in [0.3, 0.4) is 0 Å². The van der Waals surface area contributed by atoms with E-state index in [1.165, 1.54) is 12.3 Å². The summed E-state index contributed by atoms with van der Waals surface area (Å²) in [7, 11) is 0. The van der Waals surface area contributed by atoms with Crippen molar-refractivity contribution in [3.63, 3.8) is 0 Å². The van der Waals surface area contributed by atoms with Gasteiger partial charge in [0.05, 0.1) is 5.56 Å². The van der Waals surface area contributed by atoms with Gasteiger partial charge >= 0.3 is 0 Å². The molecule has 6 heteroatoms. The molecule has 0 saturated carbocycles. The van der Waals surface area contributed by atoms with Gasteiger partial charge in [-0.15, -0.1) is 0 Å². The molecule has 3 aromatic rings. The molecule has 0 aliphatic carbocycles. The highest BCUT2D eigenvalue weighted by Crippen LogP contribution is 2.17. The number of anilines is 2. The quantitative estimate of drug-likeness (QED) is 0.694. The van der Waals surface area contributed by atoms with Crippen molar-refractivity contribution in [3.05, 3.63) is 90.0 Å². The van der Waals surface area contributed by atoms with E-state index < -0.39 is 0 Å². The summed E-state index contributed by atoms with van der Waals surface area (Å²) in [6, 6.07) is 16.6. The monoisotopic (exact) mass is 363 g/mol. The summed E-state index contributed by atoms with van der Waals surface area (Å²) in [5.74, 6) is -0.828. The second-order valence-corrected chi connectivity index (χ2v) is 5.92. The smallest absolute Gasteiger partial charge is 0.257 e. The van der Waals surface area contributed by atoms with Crippen molar-refractivity contribution >= 4 is 23.2 Å². The summed E-state index contributed by atoms with van der Waals surface area (Å²) in [5.41, 5.74) is 2.05. The maximum Gasteiger partial charge on any atom is 0.257 e. The third-order valence-electron chi connectivity index (χ3n) is 3.91. The van der Waals surface area contributed by atoms with Gasteiger partial charge in [-0.2, -0.15) is 0 Å². The average Bonchev–Trinajstić information content (AvgIpc) is 2.68. The Morgan fingerprint density at radius 3 is 2.44 bits per heavy atom. The van der Waals surface area contributed by atoms with Crippen LogP contribution in [-0.2, 0) is 11.2 Å². The largest absolute Gasteiger partial charge is 0.326 e. The number of carbonyl (C=O) groups excluding carboxylic acids is 2. The van der Waals surface area contributed by atoms with Gasteiger partial charge in [0.1, 0.15) is 5.82 Å². The van der Waals surface area contributed by atoms with E-state index in [-0.39, 0.29) is 24.1 Å². The Balaban J connectivity index is 1.58. The second-order valence-electron chi connectivity index (χ2n) is 5.92. The van der Waals surface area contributed by atoms with Crippen LogP contribution in [0.2, 0.25) is 0 Å². The van der Waals surface area contributed by atoms with Gasteiger partial charge < -0.3 is 10.6 Å². The van der Waals surface area contributed by atoms with Crippen LogP contribution in [0.5, 0.6) is 0 Å². The van der Waals surface area contributed by atoms with E-state index in [4.69, 9.17) is 0 Å². The van der Waals surface area contributed by atoms with Gasteiger partial charge in [0.2, 0.25) is 5.91 Å². The molecule has 0 aliphatic rings. The molecule has 3 rings (SSSR count). The van der Waals surface area contributed by atoms with Crippen molar-refractivity contribution in [3.8, 4) is 0 Å². The Labute approximate surface area is 156 Å². The molecule has 0 fully saturated rings. The molecule has 1 heterocycles. The number of pyridine rings is 1. The van der Waals surface area contributed by atoms with Crippen molar-refractivity contribution in [1.29, 1.82) is 0 Å². The van der Waals surface area contributed by atoms with Crippen LogP contribution in [0.25, 0.3) is 0 Å². The number of nitrogens with zero attached hydrogens (tertiary/aromatic N) is 1. The molecule has 1 aromatic heterocycles. The topological polar surface area (TPSA) is 71.1 Å². The molecule has 5 nitrogen and oxygen atoms in total. The molecule has 2 N–H and O–H groups in total. The molecule has 27 heavy (non-hydrogen) atoms. The molecule has 0 bridgehead atoms. The van der Waals surface area contributed by atoms with Crippen molar-refractivity contribution in [2.24, 2.45) is 0 Å². The van der Waals surface area contributed by atoms with E-state index in [1.807, 2.05) is 0 Å². The molecule has 136 valence electrons. The van der Waals surface area contributed by atoms with E-state index in [0.29, 0.717) is 28.9 Å². The number of carbonyl (C=O) groups is 2. The Bertz CT molecular complexity index is 945. The lowest BCUT2D eigenvalue weighted by Crippen LogP contribution is -2.14. The summed E-state index contributed by atoms with van der Waals surface area (Å²) >= 11 is 0. The number of aromatic nitrogens is 1. The predicted octanol–water partition coefficient (Wildman–Crippen LogP) is 4.04. The first-order chi connectivity index (χ1) is 13.1. The fraction of sp³-hybridized carbons (Fsp3) is 0.0952. The van der Waals surface area contributed by atoms with Crippen molar-refractivity contribution in [2.75, 3.05) is 10.6 Å². The fourth-order valence-corrected chi connectivity index (χ4v) is 2.55. The molecule has 2 aromatic carbocycles. The normalized spacial score (nSPS) is 10.3. The Kier molecular flexibility index (Phi) is 5.89. The number of rotatable bonds is 6. The number of nitrogens with one attached hydrogen (secondary N) is 2. The third kappa shape index (κ3) is 5.22. The minimum absolute atomic E-state index is 0.160. The lowest BCUT2D eigenvalue weighted by molar-refractivity contribution is -0.116. The van der Waals surface area contributed by atoms with Crippen LogP contribution in [0.15, 0.2) is 73.1 Å². The standard InChI is InChI=1S/C21H18FN3O2/c22-19-9-2-1-5-15(19)10-11-20(26)24-17-7-3-8-18(13-17)25-21(27)16-6-4-12-23-14-16/h1-9,12-14H,10-11H2,(H,24,26)(H,25,27). The van der Waals surface area contributed by atoms with Crippen LogP contribution in [0.4, 0.5) is 15.8 Å². The van der Waals surface area contributed by atoms with Crippen LogP contribution < -0.4 is 10.6 Å². The SMILES string of the molecule is O=C(CCc1ccccc1F)Nc1cccc(NC(=O)c2cccnc2)c1. The summed E-state index contributed by atoms with van der Waals surface area (Å²) in [4.78, 5) is 28.2. The number of amides is 2. The van der Waals surface area contributed by atoms with Gasteiger partial charge in [-0.1, -0.05) is 24.3 Å². The second kappa shape index (κ2) is 8.71. The van der Waals surface area contributed by atoms with E-state index in [2.05, 4.69) is 15.6 Å². The molecule has 2 amide bonds. The zero-order valence-corrected chi connectivity index (χ0v) is 14.5. The van der Waals surface area contributed by atoms with Gasteiger partial charge in [-0.3, -0.25) is 14.6 Å². The number of halogens is 1. The molecule has 0 atom stereocenters. The predicted molar refractivity (Wildman–Crippen MR) is 102 cm³/mol. The van der Waals surface area contributed by atoms with Crippen molar-refractivity contribution in [2.45, 2.75) is 12.8 Å². The minimum Gasteiger partial charge on any atom is -0.326 e. The molecular weight excluding hydrogens is 345 g/mol. The van der Waals surface area contributed by atoms with Gasteiger partial charge in [0.15, 0.2) is 0 Å². The van der Waals surface area contributed by atoms with Gasteiger partial charge in [-0.25, -0.2) is 4.39 Å². The van der Waals surface area contributed by atoms with Crippen molar-refractivity contribution in [1.82, 2.24) is 4.98 Å². The summed E-state index contributed by atoms with van der Waals surface area (Å²) < 4.78 is 13.6. The number of aryl methyl sites for hydroxylation is 1. The number of benzene rings is 2. The highest BCUT2D eigenvalue weighted by molar-refractivity contribution is 6.04. The third-order valence-corrected chi connectivity index (χ3v) is 3.91. The molecule has 0 aliphatic heterocycles. The zero-order valence-electron chi connectivity index (χ0n) is 14.5. The van der Waals surface area contributed by atoms with Crippen LogP contribution >= 0.6 is 0 Å². The van der Waals surface area contributed by atoms with Crippen LogP contribution in [0, 0.1) is 5.82 Å². The van der Waals surface area contributed by atoms with Crippen LogP contribution in [-0.4, -0.2) is 16.8 Å². The maximum atomic E-state index is 13.6. The Morgan fingerprint density at radius 2 is 1.70 bits per heavy atom. The first kappa shape index (κ1) is 18.3. The van der Waals surface area contributed by atoms with Gasteiger partial charge in [0.25, 0.3) is 5.91 Å². The Morgan fingerprint density at radius 1 is 0.926 bits per heavy atom. The average molecular weight is 363 g/mol. The van der Waals surface area contributed by atoms with Crippen molar-refractivity contribution < 1.29 is 14.0 Å². The first-order valence-corrected chi connectivity index (χ1v) is 8.46. The lowest BCUT2D eigenvalue weighted by Gasteiger charge is -2.09. The summed E-state index contributed by atoms with van der Waals surface area (Å²) in [5, 5.41) is 5.52. The maximum absolute atomic E-state index is 13.6. The highest BCUT2D eigenvalue weighted by atomic mass is 19.1. The van der Waals surface area contributed by atoms with Gasteiger partial charge in [0, 0.05) is 30.2 Å². The summed E-state index contributed by atoms with van der Waals surface area (Å²) in [6.07, 6.45) is 3.54. The molecule has 0 radical (unpaired) electrons. The fourth-order valence-electron chi connectivity index (χ4n) is 2.55. The molecule has 0 saturated heterocycles. The van der Waals surface area contributed by atoms with Gasteiger partial charge in [-0.05, 0) is 48.4 Å². The zero-order chi connectivity index (χ0) is 19.1. The highest BCUT2D eigenvalue weighted by Gasteiger charge is 2.08. The Hall–Kier alpha value is -3.54. The van der Waals surface area contributed by atoms with E-state index >= 15 is 0 Å². The molecular formula is C21H18FN3O2.